The van der Waals surface area contributed by atoms with E-state index >= 15 is 0 Å². The number of aliphatic carboxylic acids is 1. The zero-order valence-electron chi connectivity index (χ0n) is 11.4. The molecule has 1 aliphatic rings. The Hall–Kier alpha value is -1.55. The molecule has 1 aromatic rings. The van der Waals surface area contributed by atoms with Crippen molar-refractivity contribution in [1.82, 2.24) is 0 Å². The summed E-state index contributed by atoms with van der Waals surface area (Å²) in [6.07, 6.45) is 2.42. The fourth-order valence-electron chi connectivity index (χ4n) is 2.51. The Morgan fingerprint density at radius 2 is 2.11 bits per heavy atom. The van der Waals surface area contributed by atoms with E-state index in [9.17, 15) is 4.79 Å². The molecule has 1 aromatic carbocycles. The van der Waals surface area contributed by atoms with Crippen LogP contribution in [0, 0.1) is 5.92 Å². The van der Waals surface area contributed by atoms with Gasteiger partial charge in [0.15, 0.2) is 0 Å². The number of carboxylic acid groups (broad SMARTS) is 1. The van der Waals surface area contributed by atoms with Crippen LogP contribution in [-0.4, -0.2) is 25.3 Å². The number of hydrogen-bond donors (Lipinski definition) is 1. The molecule has 1 atom stereocenters. The highest BCUT2D eigenvalue weighted by atomic mass is 16.5. The minimum atomic E-state index is -0.743. The van der Waals surface area contributed by atoms with Crippen LogP contribution in [0.5, 0.6) is 5.75 Å². The number of rotatable bonds is 7. The predicted molar refractivity (Wildman–Crippen MR) is 71.4 cm³/mol. The van der Waals surface area contributed by atoms with Crippen molar-refractivity contribution in [1.29, 1.82) is 0 Å². The van der Waals surface area contributed by atoms with Crippen LogP contribution in [0.4, 0.5) is 0 Å². The molecule has 0 spiro atoms. The number of carboxylic acids is 1. The van der Waals surface area contributed by atoms with Crippen LogP contribution in [0.3, 0.4) is 0 Å². The number of methoxy groups -OCH3 is 2. The Labute approximate surface area is 113 Å². The van der Waals surface area contributed by atoms with E-state index in [0.29, 0.717) is 12.5 Å². The molecular formula is C15H20O4. The van der Waals surface area contributed by atoms with Crippen molar-refractivity contribution in [3.8, 4) is 5.75 Å². The summed E-state index contributed by atoms with van der Waals surface area (Å²) in [5.74, 6) is 0.607. The van der Waals surface area contributed by atoms with Crippen LogP contribution in [0.1, 0.15) is 36.3 Å². The normalized spacial score (nSPS) is 16.1. The summed E-state index contributed by atoms with van der Waals surface area (Å²) >= 11 is 0. The Bertz CT molecular complexity index is 451. The number of carbonyl (C=O) groups is 1. The molecule has 0 radical (unpaired) electrons. The summed E-state index contributed by atoms with van der Waals surface area (Å²) in [4.78, 5) is 11.0. The number of ether oxygens (including phenoxy) is 2. The second-order valence-corrected chi connectivity index (χ2v) is 5.09. The van der Waals surface area contributed by atoms with Crippen LogP contribution >= 0.6 is 0 Å². The first kappa shape index (κ1) is 13.9. The summed E-state index contributed by atoms with van der Waals surface area (Å²) in [5.41, 5.74) is 2.07. The van der Waals surface area contributed by atoms with Gasteiger partial charge in [-0.3, -0.25) is 4.79 Å². The number of hydrogen-bond acceptors (Lipinski definition) is 3. The molecule has 0 amide bonds. The molecule has 0 aliphatic heterocycles. The van der Waals surface area contributed by atoms with Gasteiger partial charge in [0.2, 0.25) is 0 Å². The van der Waals surface area contributed by atoms with Gasteiger partial charge in [0.25, 0.3) is 0 Å². The van der Waals surface area contributed by atoms with E-state index in [1.54, 1.807) is 14.2 Å². The Morgan fingerprint density at radius 1 is 1.37 bits per heavy atom. The molecule has 1 aliphatic carbocycles. The third kappa shape index (κ3) is 3.70. The lowest BCUT2D eigenvalue weighted by molar-refractivity contribution is -0.137. The zero-order valence-corrected chi connectivity index (χ0v) is 11.4. The summed E-state index contributed by atoms with van der Waals surface area (Å²) < 4.78 is 10.4. The van der Waals surface area contributed by atoms with E-state index in [1.807, 2.05) is 18.2 Å². The lowest BCUT2D eigenvalue weighted by Gasteiger charge is -2.17. The average Bonchev–Trinajstić information content (AvgIpc) is 3.20. The second-order valence-electron chi connectivity index (χ2n) is 5.09. The largest absolute Gasteiger partial charge is 0.497 e. The van der Waals surface area contributed by atoms with E-state index < -0.39 is 5.97 Å². The average molecular weight is 264 g/mol. The molecule has 0 heterocycles. The maximum atomic E-state index is 11.0. The van der Waals surface area contributed by atoms with Crippen LogP contribution in [0.2, 0.25) is 0 Å². The fraction of sp³-hybridized carbons (Fsp3) is 0.533. The van der Waals surface area contributed by atoms with Gasteiger partial charge in [-0.1, -0.05) is 6.07 Å². The van der Waals surface area contributed by atoms with Crippen molar-refractivity contribution < 1.29 is 19.4 Å². The minimum Gasteiger partial charge on any atom is -0.497 e. The SMILES string of the molecule is COCc1cc(OC)cc(C(CC(=O)O)C2CC2)c1. The summed E-state index contributed by atoms with van der Waals surface area (Å²) in [6.45, 7) is 0.509. The van der Waals surface area contributed by atoms with Crippen LogP contribution in [0.25, 0.3) is 0 Å². The topological polar surface area (TPSA) is 55.8 Å². The van der Waals surface area contributed by atoms with Crippen LogP contribution in [-0.2, 0) is 16.1 Å². The van der Waals surface area contributed by atoms with Crippen molar-refractivity contribution in [2.45, 2.75) is 31.8 Å². The monoisotopic (exact) mass is 264 g/mol. The molecule has 2 rings (SSSR count). The molecule has 104 valence electrons. The Kier molecular flexibility index (Phi) is 4.43. The highest BCUT2D eigenvalue weighted by Crippen LogP contribution is 2.45. The summed E-state index contributed by atoms with van der Waals surface area (Å²) in [6, 6.07) is 5.92. The van der Waals surface area contributed by atoms with E-state index in [-0.39, 0.29) is 12.3 Å². The van der Waals surface area contributed by atoms with Gasteiger partial charge in [0.1, 0.15) is 5.75 Å². The first-order chi connectivity index (χ1) is 9.13. The van der Waals surface area contributed by atoms with Gasteiger partial charge in [-0.2, -0.15) is 0 Å². The smallest absolute Gasteiger partial charge is 0.303 e. The highest BCUT2D eigenvalue weighted by Gasteiger charge is 2.34. The van der Waals surface area contributed by atoms with Gasteiger partial charge in [-0.05, 0) is 47.9 Å². The lowest BCUT2D eigenvalue weighted by Crippen LogP contribution is -2.09. The van der Waals surface area contributed by atoms with Crippen LogP contribution in [0.15, 0.2) is 18.2 Å². The maximum Gasteiger partial charge on any atom is 0.303 e. The standard InChI is InChI=1S/C15H20O4/c1-18-9-10-5-12(7-13(6-10)19-2)14(8-15(16)17)11-3-4-11/h5-7,11,14H,3-4,8-9H2,1-2H3,(H,16,17). The van der Waals surface area contributed by atoms with E-state index in [2.05, 4.69) is 0 Å². The predicted octanol–water partition coefficient (Wildman–Crippen LogP) is 2.81. The lowest BCUT2D eigenvalue weighted by atomic mass is 9.90. The molecule has 0 saturated heterocycles. The maximum absolute atomic E-state index is 11.0. The number of benzene rings is 1. The molecule has 1 N–H and O–H groups in total. The van der Waals surface area contributed by atoms with Gasteiger partial charge in [0.05, 0.1) is 20.1 Å². The summed E-state index contributed by atoms with van der Waals surface area (Å²) in [5, 5.41) is 9.07. The van der Waals surface area contributed by atoms with Gasteiger partial charge in [-0.15, -0.1) is 0 Å². The van der Waals surface area contributed by atoms with E-state index in [4.69, 9.17) is 14.6 Å². The second kappa shape index (κ2) is 6.06. The van der Waals surface area contributed by atoms with Crippen molar-refractivity contribution >= 4 is 5.97 Å². The van der Waals surface area contributed by atoms with Gasteiger partial charge < -0.3 is 14.6 Å². The third-order valence-electron chi connectivity index (χ3n) is 3.55. The molecule has 0 aromatic heterocycles. The first-order valence-electron chi connectivity index (χ1n) is 6.52. The summed E-state index contributed by atoms with van der Waals surface area (Å²) in [7, 11) is 3.27. The molecule has 4 nitrogen and oxygen atoms in total. The third-order valence-corrected chi connectivity index (χ3v) is 3.55. The molecule has 19 heavy (non-hydrogen) atoms. The van der Waals surface area contributed by atoms with Gasteiger partial charge in [0, 0.05) is 7.11 Å². The minimum absolute atomic E-state index is 0.0863. The molecule has 1 unspecified atom stereocenters. The molecule has 1 saturated carbocycles. The van der Waals surface area contributed by atoms with Crippen LogP contribution < -0.4 is 4.74 Å². The quantitative estimate of drug-likeness (QED) is 0.822. The molecule has 0 bridgehead atoms. The molecule has 4 heteroatoms. The Morgan fingerprint density at radius 3 is 2.63 bits per heavy atom. The van der Waals surface area contributed by atoms with Crippen molar-refractivity contribution in [2.24, 2.45) is 5.92 Å². The molecule has 1 fully saturated rings. The van der Waals surface area contributed by atoms with E-state index in [0.717, 1.165) is 29.7 Å². The van der Waals surface area contributed by atoms with Gasteiger partial charge in [-0.25, -0.2) is 0 Å². The van der Waals surface area contributed by atoms with E-state index in [1.165, 1.54) is 0 Å². The fourth-order valence-corrected chi connectivity index (χ4v) is 2.51. The van der Waals surface area contributed by atoms with Crippen molar-refractivity contribution in [2.75, 3.05) is 14.2 Å². The van der Waals surface area contributed by atoms with Crippen molar-refractivity contribution in [3.63, 3.8) is 0 Å². The van der Waals surface area contributed by atoms with Crippen molar-refractivity contribution in [3.05, 3.63) is 29.3 Å². The zero-order chi connectivity index (χ0) is 13.8. The highest BCUT2D eigenvalue weighted by molar-refractivity contribution is 5.68. The molecular weight excluding hydrogens is 244 g/mol. The van der Waals surface area contributed by atoms with Gasteiger partial charge >= 0.3 is 5.97 Å². The Balaban J connectivity index is 2.28. The first-order valence-corrected chi connectivity index (χ1v) is 6.52.